The number of halogens is 3. The molecule has 0 saturated carbocycles. The number of hydrogen-bond donors (Lipinski definition) is 0. The number of nitrogens with zero attached hydrogens (tertiary/aromatic N) is 2. The lowest BCUT2D eigenvalue weighted by Crippen LogP contribution is -2.32. The van der Waals surface area contributed by atoms with Crippen LogP contribution in [-0.4, -0.2) is 70.1 Å². The second-order valence-corrected chi connectivity index (χ2v) is 11.9. The van der Waals surface area contributed by atoms with Crippen LogP contribution in [0.15, 0.2) is 0 Å². The Morgan fingerprint density at radius 1 is 1.12 bits per heavy atom. The third-order valence-corrected chi connectivity index (χ3v) is 8.88. The second kappa shape index (κ2) is 10.1. The number of rotatable bonds is 3. The standard InChI is InChI=1S/C13H27N2Si.CHF3O3S/c1-8-16(9-2,10-3)12-11-13(14(4)5)15(6)7;2-1(3,4)8(5,6)7/h8-10H2,1-7H3;(H,5,6,7)/q+1;/p-1. The Morgan fingerprint density at radius 3 is 1.62 bits per heavy atom. The zero-order valence-corrected chi connectivity index (χ0v) is 17.1. The average molecular weight is 389 g/mol. The summed E-state index contributed by atoms with van der Waals surface area (Å²) in [6.45, 7) is 6.87. The molecule has 0 fully saturated rings. The van der Waals surface area contributed by atoms with Crippen molar-refractivity contribution in [1.29, 1.82) is 0 Å². The van der Waals surface area contributed by atoms with Crippen molar-refractivity contribution in [3.63, 3.8) is 0 Å². The van der Waals surface area contributed by atoms with E-state index in [9.17, 15) is 13.2 Å². The quantitative estimate of drug-likeness (QED) is 0.142. The molecule has 0 aromatic heterocycles. The Hall–Kier alpha value is -1.05. The van der Waals surface area contributed by atoms with Crippen LogP contribution in [0.25, 0.3) is 0 Å². The SMILES string of the molecule is CC[Si](C#CC(N(C)C)=[N+](C)C)(CC)CC.O=S(=O)([O-])C(F)(F)F. The molecule has 0 heterocycles. The lowest BCUT2D eigenvalue weighted by atomic mass is 10.5. The molecule has 0 aliphatic heterocycles. The highest BCUT2D eigenvalue weighted by atomic mass is 32.2. The number of alkyl halides is 3. The first-order chi connectivity index (χ1) is 10.7. The minimum absolute atomic E-state index is 1.10. The van der Waals surface area contributed by atoms with E-state index in [4.69, 9.17) is 13.0 Å². The van der Waals surface area contributed by atoms with E-state index in [1.54, 1.807) is 0 Å². The molecule has 0 bridgehead atoms. The minimum Gasteiger partial charge on any atom is -0.741 e. The van der Waals surface area contributed by atoms with Crippen LogP contribution in [-0.2, 0) is 10.1 Å². The van der Waals surface area contributed by atoms with Crippen molar-refractivity contribution in [3.8, 4) is 11.5 Å². The van der Waals surface area contributed by atoms with Gasteiger partial charge in [0.15, 0.2) is 10.1 Å². The predicted molar refractivity (Wildman–Crippen MR) is 91.5 cm³/mol. The van der Waals surface area contributed by atoms with E-state index in [1.807, 2.05) is 0 Å². The van der Waals surface area contributed by atoms with E-state index in [0.717, 1.165) is 5.84 Å². The second-order valence-electron chi connectivity index (χ2n) is 5.60. The monoisotopic (exact) mass is 388 g/mol. The highest BCUT2D eigenvalue weighted by molar-refractivity contribution is 7.86. The Labute approximate surface area is 144 Å². The van der Waals surface area contributed by atoms with Crippen LogP contribution in [0.2, 0.25) is 18.1 Å². The molecule has 0 spiro atoms. The molecule has 0 aromatic carbocycles. The molecule has 0 aliphatic rings. The van der Waals surface area contributed by atoms with E-state index < -0.39 is 23.7 Å². The lowest BCUT2D eigenvalue weighted by Gasteiger charge is -2.20. The Kier molecular flexibility index (Phi) is 10.6. The van der Waals surface area contributed by atoms with Crippen LogP contribution in [0.4, 0.5) is 13.2 Å². The van der Waals surface area contributed by atoms with Gasteiger partial charge < -0.3 is 4.55 Å². The molecule has 0 unspecified atom stereocenters. The zero-order valence-electron chi connectivity index (χ0n) is 15.3. The molecule has 5 nitrogen and oxygen atoms in total. The molecular formula is C14H27F3N2O3SSi. The molecule has 142 valence electrons. The van der Waals surface area contributed by atoms with Crippen molar-refractivity contribution in [2.45, 2.75) is 44.4 Å². The van der Waals surface area contributed by atoms with Crippen molar-refractivity contribution in [1.82, 2.24) is 4.90 Å². The summed E-state index contributed by atoms with van der Waals surface area (Å²) in [4.78, 5) is 2.09. The van der Waals surface area contributed by atoms with Gasteiger partial charge in [-0.2, -0.15) is 13.2 Å². The minimum atomic E-state index is -6.09. The van der Waals surface area contributed by atoms with Gasteiger partial charge in [0.2, 0.25) is 0 Å². The third-order valence-electron chi connectivity index (χ3n) is 3.60. The third kappa shape index (κ3) is 8.70. The summed E-state index contributed by atoms with van der Waals surface area (Å²) in [6.07, 6.45) is 0. The van der Waals surface area contributed by atoms with Crippen LogP contribution in [0.1, 0.15) is 20.8 Å². The molecule has 0 saturated heterocycles. The Bertz CT molecular complexity index is 574. The van der Waals surface area contributed by atoms with Gasteiger partial charge in [-0.3, -0.25) is 9.48 Å². The number of hydrogen-bond acceptors (Lipinski definition) is 3. The summed E-state index contributed by atoms with van der Waals surface area (Å²) in [5.41, 5.74) is -2.03. The van der Waals surface area contributed by atoms with Crippen LogP contribution in [0.3, 0.4) is 0 Å². The highest BCUT2D eigenvalue weighted by Crippen LogP contribution is 2.20. The van der Waals surface area contributed by atoms with Crippen LogP contribution >= 0.6 is 0 Å². The van der Waals surface area contributed by atoms with Gasteiger partial charge in [-0.05, 0) is 18.1 Å². The Morgan fingerprint density at radius 2 is 1.46 bits per heavy atom. The Balaban J connectivity index is 0. The predicted octanol–water partition coefficient (Wildman–Crippen LogP) is 2.32. The van der Waals surface area contributed by atoms with Crippen LogP contribution in [0.5, 0.6) is 0 Å². The van der Waals surface area contributed by atoms with Gasteiger partial charge in [-0.1, -0.05) is 20.8 Å². The topological polar surface area (TPSA) is 63.5 Å². The highest BCUT2D eigenvalue weighted by Gasteiger charge is 2.36. The first-order valence-corrected chi connectivity index (χ1v) is 11.5. The van der Waals surface area contributed by atoms with Crippen molar-refractivity contribution in [3.05, 3.63) is 0 Å². The molecule has 0 radical (unpaired) electrons. The lowest BCUT2D eigenvalue weighted by molar-refractivity contribution is -0.468. The molecule has 0 atom stereocenters. The fraction of sp³-hybridized carbons (Fsp3) is 0.786. The van der Waals surface area contributed by atoms with E-state index in [1.165, 1.54) is 18.1 Å². The smallest absolute Gasteiger partial charge is 0.485 e. The molecule has 0 amide bonds. The maximum absolute atomic E-state index is 10.7. The average Bonchev–Trinajstić information content (AvgIpc) is 2.42. The van der Waals surface area contributed by atoms with Crippen molar-refractivity contribution in [2.24, 2.45) is 0 Å². The maximum Gasteiger partial charge on any atom is 0.485 e. The van der Waals surface area contributed by atoms with E-state index in [2.05, 4.69) is 69.9 Å². The summed E-state index contributed by atoms with van der Waals surface area (Å²) < 4.78 is 61.0. The first kappa shape index (κ1) is 25.2. The summed E-state index contributed by atoms with van der Waals surface area (Å²) in [5, 5.41) is 0. The fourth-order valence-corrected chi connectivity index (χ4v) is 4.23. The maximum atomic E-state index is 10.7. The molecule has 0 aliphatic carbocycles. The fourth-order valence-electron chi connectivity index (χ4n) is 1.83. The van der Waals surface area contributed by atoms with Gasteiger partial charge in [0.25, 0.3) is 0 Å². The van der Waals surface area contributed by atoms with Gasteiger partial charge in [0.05, 0.1) is 28.2 Å². The first-order valence-electron chi connectivity index (χ1n) is 7.44. The van der Waals surface area contributed by atoms with Gasteiger partial charge in [-0.25, -0.2) is 8.42 Å². The van der Waals surface area contributed by atoms with Gasteiger partial charge in [-0.15, -0.1) is 5.54 Å². The van der Waals surface area contributed by atoms with Crippen molar-refractivity contribution in [2.75, 3.05) is 28.2 Å². The largest absolute Gasteiger partial charge is 0.741 e. The molecule has 0 N–H and O–H groups in total. The van der Waals surface area contributed by atoms with E-state index in [-0.39, 0.29) is 0 Å². The summed E-state index contributed by atoms with van der Waals surface area (Å²) >= 11 is 0. The van der Waals surface area contributed by atoms with Gasteiger partial charge in [0, 0.05) is 5.92 Å². The molecule has 0 rings (SSSR count). The van der Waals surface area contributed by atoms with Gasteiger partial charge in [0.1, 0.15) is 8.07 Å². The molecule has 0 aromatic rings. The molecular weight excluding hydrogens is 361 g/mol. The van der Waals surface area contributed by atoms with Crippen molar-refractivity contribution < 1.29 is 30.7 Å². The van der Waals surface area contributed by atoms with E-state index in [0.29, 0.717) is 0 Å². The zero-order chi connectivity index (χ0) is 19.8. The van der Waals surface area contributed by atoms with Crippen molar-refractivity contribution >= 4 is 24.0 Å². The summed E-state index contributed by atoms with van der Waals surface area (Å²) in [5.74, 6) is 4.50. The number of amidine groups is 1. The van der Waals surface area contributed by atoms with Crippen LogP contribution < -0.4 is 0 Å². The molecule has 10 heteroatoms. The van der Waals surface area contributed by atoms with Gasteiger partial charge >= 0.3 is 11.3 Å². The van der Waals surface area contributed by atoms with E-state index >= 15 is 0 Å². The summed E-state index contributed by atoms with van der Waals surface area (Å²) in [7, 11) is 0.813. The van der Waals surface area contributed by atoms with Crippen LogP contribution in [0, 0.1) is 11.5 Å². The normalized spacial score (nSPS) is 11.6. The molecule has 24 heavy (non-hydrogen) atoms. The summed E-state index contributed by atoms with van der Waals surface area (Å²) in [6, 6.07) is 3.80.